The van der Waals surface area contributed by atoms with Crippen LogP contribution in [0.15, 0.2) is 11.3 Å². The van der Waals surface area contributed by atoms with E-state index in [9.17, 15) is 4.79 Å². The van der Waals surface area contributed by atoms with E-state index in [1.54, 1.807) is 0 Å². The van der Waals surface area contributed by atoms with Crippen molar-refractivity contribution in [2.24, 2.45) is 0 Å². The minimum Gasteiger partial charge on any atom is -0.379 e. The first kappa shape index (κ1) is 6.33. The number of carbonyl (C=O) groups is 1. The standard InChI is InChI=1S/C7H11NO/c1-5(2)7-3-6(4-9)8-7/h4,6,8H,3H2,1-2H3. The van der Waals surface area contributed by atoms with Gasteiger partial charge in [0.15, 0.2) is 0 Å². The lowest BCUT2D eigenvalue weighted by Crippen LogP contribution is -2.42. The van der Waals surface area contributed by atoms with Crippen LogP contribution in [0.4, 0.5) is 0 Å². The van der Waals surface area contributed by atoms with Crippen molar-refractivity contribution >= 4 is 6.29 Å². The number of aldehydes is 1. The van der Waals surface area contributed by atoms with E-state index in [2.05, 4.69) is 5.32 Å². The zero-order chi connectivity index (χ0) is 6.85. The Labute approximate surface area is 54.9 Å². The number of rotatable bonds is 1. The molecule has 1 saturated heterocycles. The van der Waals surface area contributed by atoms with Crippen LogP contribution in [-0.2, 0) is 4.79 Å². The second-order valence-electron chi connectivity index (χ2n) is 2.57. The van der Waals surface area contributed by atoms with Gasteiger partial charge in [0.25, 0.3) is 0 Å². The van der Waals surface area contributed by atoms with E-state index in [1.807, 2.05) is 13.8 Å². The number of hydrogen-bond donors (Lipinski definition) is 1. The topological polar surface area (TPSA) is 29.1 Å². The number of allylic oxidation sites excluding steroid dienone is 1. The van der Waals surface area contributed by atoms with Gasteiger partial charge in [0.05, 0.1) is 6.04 Å². The molecule has 50 valence electrons. The highest BCUT2D eigenvalue weighted by Gasteiger charge is 2.20. The summed E-state index contributed by atoms with van der Waals surface area (Å²) in [6.07, 6.45) is 1.86. The van der Waals surface area contributed by atoms with Crippen LogP contribution in [0.1, 0.15) is 20.3 Å². The Bertz CT molecular complexity index is 148. The monoisotopic (exact) mass is 125 g/mol. The molecule has 1 rings (SSSR count). The Morgan fingerprint density at radius 3 is 2.67 bits per heavy atom. The molecule has 2 nitrogen and oxygen atoms in total. The minimum absolute atomic E-state index is 0.0925. The SMILES string of the molecule is CC(C)=C1CC(C=O)N1. The minimum atomic E-state index is 0.0925. The van der Waals surface area contributed by atoms with Gasteiger partial charge in [-0.1, -0.05) is 5.57 Å². The highest BCUT2D eigenvalue weighted by Crippen LogP contribution is 2.16. The van der Waals surface area contributed by atoms with Crippen molar-refractivity contribution in [3.8, 4) is 0 Å². The molecule has 1 N–H and O–H groups in total. The average Bonchev–Trinajstić information content (AvgIpc) is 1.61. The highest BCUT2D eigenvalue weighted by atomic mass is 16.1. The summed E-state index contributed by atoms with van der Waals surface area (Å²) in [6.45, 7) is 4.09. The number of nitrogens with one attached hydrogen (secondary N) is 1. The Hall–Kier alpha value is -0.790. The van der Waals surface area contributed by atoms with E-state index in [4.69, 9.17) is 0 Å². The third-order valence-corrected chi connectivity index (χ3v) is 1.55. The largest absolute Gasteiger partial charge is 0.379 e. The van der Waals surface area contributed by atoms with Gasteiger partial charge in [-0.05, 0) is 13.8 Å². The van der Waals surface area contributed by atoms with E-state index in [1.165, 1.54) is 11.3 Å². The van der Waals surface area contributed by atoms with Gasteiger partial charge in [0, 0.05) is 12.1 Å². The smallest absolute Gasteiger partial charge is 0.142 e. The Kier molecular flexibility index (Phi) is 1.56. The van der Waals surface area contributed by atoms with Crippen molar-refractivity contribution in [1.29, 1.82) is 0 Å². The highest BCUT2D eigenvalue weighted by molar-refractivity contribution is 5.61. The molecule has 1 atom stereocenters. The zero-order valence-electron chi connectivity index (χ0n) is 5.77. The second kappa shape index (κ2) is 2.21. The maximum Gasteiger partial charge on any atom is 0.142 e. The maximum atomic E-state index is 10.1. The first-order valence-corrected chi connectivity index (χ1v) is 3.12. The van der Waals surface area contributed by atoms with Gasteiger partial charge in [-0.15, -0.1) is 0 Å². The Morgan fingerprint density at radius 2 is 2.33 bits per heavy atom. The fraction of sp³-hybridized carbons (Fsp3) is 0.571. The molecule has 0 aromatic rings. The summed E-state index contributed by atoms with van der Waals surface area (Å²) in [5, 5.41) is 3.04. The lowest BCUT2D eigenvalue weighted by Gasteiger charge is -2.28. The molecule has 1 unspecified atom stereocenters. The van der Waals surface area contributed by atoms with Gasteiger partial charge in [-0.25, -0.2) is 0 Å². The van der Waals surface area contributed by atoms with Gasteiger partial charge in [0.2, 0.25) is 0 Å². The van der Waals surface area contributed by atoms with Crippen molar-refractivity contribution in [2.75, 3.05) is 0 Å². The predicted molar refractivity (Wildman–Crippen MR) is 36.0 cm³/mol. The van der Waals surface area contributed by atoms with Crippen LogP contribution < -0.4 is 5.32 Å². The van der Waals surface area contributed by atoms with Gasteiger partial charge in [-0.2, -0.15) is 0 Å². The van der Waals surface area contributed by atoms with E-state index in [0.717, 1.165) is 12.7 Å². The van der Waals surface area contributed by atoms with Crippen molar-refractivity contribution in [2.45, 2.75) is 26.3 Å². The molecule has 1 aliphatic heterocycles. The molecule has 0 amide bonds. The molecular weight excluding hydrogens is 114 g/mol. The summed E-state index contributed by atoms with van der Waals surface area (Å²) in [5.74, 6) is 0. The average molecular weight is 125 g/mol. The van der Waals surface area contributed by atoms with Crippen LogP contribution in [0, 0.1) is 0 Å². The Balaban J connectivity index is 2.43. The molecule has 2 heteroatoms. The van der Waals surface area contributed by atoms with Crippen LogP contribution in [0.3, 0.4) is 0 Å². The van der Waals surface area contributed by atoms with Crippen LogP contribution in [-0.4, -0.2) is 12.3 Å². The third kappa shape index (κ3) is 1.12. The fourth-order valence-corrected chi connectivity index (χ4v) is 0.853. The van der Waals surface area contributed by atoms with E-state index in [0.29, 0.717) is 0 Å². The number of carbonyl (C=O) groups excluding carboxylic acids is 1. The molecule has 0 radical (unpaired) electrons. The number of hydrogen-bond acceptors (Lipinski definition) is 2. The summed E-state index contributed by atoms with van der Waals surface area (Å²) >= 11 is 0. The molecule has 0 bridgehead atoms. The van der Waals surface area contributed by atoms with Gasteiger partial charge < -0.3 is 10.1 Å². The molecule has 0 aromatic carbocycles. The van der Waals surface area contributed by atoms with Crippen LogP contribution in [0.25, 0.3) is 0 Å². The predicted octanol–water partition coefficient (Wildman–Crippen LogP) is 0.841. The zero-order valence-corrected chi connectivity index (χ0v) is 5.77. The third-order valence-electron chi connectivity index (χ3n) is 1.55. The molecular formula is C7H11NO. The van der Waals surface area contributed by atoms with Crippen LogP contribution in [0.2, 0.25) is 0 Å². The normalized spacial score (nSPS) is 24.2. The van der Waals surface area contributed by atoms with Gasteiger partial charge >= 0.3 is 0 Å². The summed E-state index contributed by atoms with van der Waals surface area (Å²) in [7, 11) is 0. The molecule has 1 heterocycles. The molecule has 0 saturated carbocycles. The lowest BCUT2D eigenvalue weighted by molar-refractivity contribution is -0.110. The molecule has 1 aliphatic rings. The molecule has 1 fully saturated rings. The van der Waals surface area contributed by atoms with Crippen molar-refractivity contribution in [3.05, 3.63) is 11.3 Å². The van der Waals surface area contributed by atoms with Crippen LogP contribution in [0.5, 0.6) is 0 Å². The quantitative estimate of drug-likeness (QED) is 0.526. The van der Waals surface area contributed by atoms with Crippen molar-refractivity contribution < 1.29 is 4.79 Å². The summed E-state index contributed by atoms with van der Waals surface area (Å²) in [5.41, 5.74) is 2.51. The fourth-order valence-electron chi connectivity index (χ4n) is 0.853. The molecule has 0 spiro atoms. The molecule has 0 aliphatic carbocycles. The summed E-state index contributed by atoms with van der Waals surface area (Å²) in [4.78, 5) is 10.1. The summed E-state index contributed by atoms with van der Waals surface area (Å²) < 4.78 is 0. The first-order valence-electron chi connectivity index (χ1n) is 3.12. The maximum absolute atomic E-state index is 10.1. The van der Waals surface area contributed by atoms with E-state index in [-0.39, 0.29) is 6.04 Å². The van der Waals surface area contributed by atoms with E-state index < -0.39 is 0 Å². The van der Waals surface area contributed by atoms with Gasteiger partial charge in [0.1, 0.15) is 6.29 Å². The molecule has 0 aromatic heterocycles. The van der Waals surface area contributed by atoms with Crippen molar-refractivity contribution in [3.63, 3.8) is 0 Å². The summed E-state index contributed by atoms with van der Waals surface area (Å²) in [6, 6.07) is 0.0925. The van der Waals surface area contributed by atoms with Crippen LogP contribution >= 0.6 is 0 Å². The van der Waals surface area contributed by atoms with Gasteiger partial charge in [-0.3, -0.25) is 0 Å². The Morgan fingerprint density at radius 1 is 1.78 bits per heavy atom. The lowest BCUT2D eigenvalue weighted by atomic mass is 10.0. The molecule has 9 heavy (non-hydrogen) atoms. The van der Waals surface area contributed by atoms with Crippen molar-refractivity contribution in [1.82, 2.24) is 5.32 Å². The van der Waals surface area contributed by atoms with E-state index >= 15 is 0 Å². The second-order valence-corrected chi connectivity index (χ2v) is 2.57. The first-order chi connectivity index (χ1) is 4.24.